The van der Waals surface area contributed by atoms with Gasteiger partial charge in [-0.05, 0) is 28.5 Å². The number of aromatic nitrogens is 1. The summed E-state index contributed by atoms with van der Waals surface area (Å²) in [6.07, 6.45) is 0.833. The van der Waals surface area contributed by atoms with Crippen LogP contribution in [0.3, 0.4) is 0 Å². The molecule has 2 aliphatic rings. The van der Waals surface area contributed by atoms with Crippen LogP contribution in [-0.2, 0) is 9.59 Å². The van der Waals surface area contributed by atoms with Crippen molar-refractivity contribution in [2.24, 2.45) is 10.8 Å². The van der Waals surface area contributed by atoms with Crippen molar-refractivity contribution >= 4 is 17.5 Å². The molecule has 2 aliphatic carbocycles. The molecular weight excluding hydrogens is 550 g/mol. The van der Waals surface area contributed by atoms with Crippen molar-refractivity contribution in [3.05, 3.63) is 88.5 Å². The number of Topliss-reactive ketones (excluding diaryl/α,β-unsaturated/α-hetero) is 2. The van der Waals surface area contributed by atoms with Crippen LogP contribution in [0.1, 0.15) is 75.3 Å². The Labute approximate surface area is 249 Å². The predicted octanol–water partition coefficient (Wildman–Crippen LogP) is 7.06. The van der Waals surface area contributed by atoms with E-state index in [0.717, 1.165) is 5.56 Å². The van der Waals surface area contributed by atoms with Gasteiger partial charge < -0.3 is 24.2 Å². The number of hydrogen-bond acceptors (Lipinski definition) is 9. The minimum Gasteiger partial charge on any atom is -0.512 e. The highest BCUT2D eigenvalue weighted by Gasteiger charge is 2.44. The van der Waals surface area contributed by atoms with E-state index >= 15 is 0 Å². The number of benzene rings is 2. The lowest BCUT2D eigenvalue weighted by Gasteiger charge is -2.36. The van der Waals surface area contributed by atoms with Gasteiger partial charge in [-0.15, -0.1) is 0 Å². The lowest BCUT2D eigenvalue weighted by atomic mass is 9.67. The molecule has 43 heavy (non-hydrogen) atoms. The molecule has 1 heterocycles. The SMILES string of the molecule is COc1cc(C(C2=C(O)CC(C)(C)CC2=O)C2=C(O)CC(C)(C)CC2=O)ccc1OC(=O)c1cc(-c2ccccc2)on1. The van der Waals surface area contributed by atoms with Crippen LogP contribution in [0.5, 0.6) is 11.5 Å². The van der Waals surface area contributed by atoms with E-state index < -0.39 is 22.7 Å². The number of carbonyl (C=O) groups excluding carboxylic acids is 3. The predicted molar refractivity (Wildman–Crippen MR) is 158 cm³/mol. The monoisotopic (exact) mass is 585 g/mol. The number of ether oxygens (including phenoxy) is 2. The van der Waals surface area contributed by atoms with E-state index in [4.69, 9.17) is 14.0 Å². The summed E-state index contributed by atoms with van der Waals surface area (Å²) in [7, 11) is 1.39. The zero-order valence-electron chi connectivity index (χ0n) is 24.9. The number of esters is 1. The van der Waals surface area contributed by atoms with E-state index in [1.54, 1.807) is 12.1 Å². The van der Waals surface area contributed by atoms with Crippen molar-refractivity contribution < 1.29 is 38.6 Å². The fourth-order valence-corrected chi connectivity index (χ4v) is 5.95. The summed E-state index contributed by atoms with van der Waals surface area (Å²) in [5.41, 5.74) is 0.377. The first-order chi connectivity index (χ1) is 20.3. The van der Waals surface area contributed by atoms with Crippen molar-refractivity contribution in [2.75, 3.05) is 7.11 Å². The second-order valence-electron chi connectivity index (χ2n) is 12.8. The fraction of sp³-hybridized carbons (Fsp3) is 0.353. The third kappa shape index (κ3) is 6.11. The molecule has 2 aromatic carbocycles. The van der Waals surface area contributed by atoms with Crippen molar-refractivity contribution in [2.45, 2.75) is 59.3 Å². The Morgan fingerprint density at radius 1 is 0.837 bits per heavy atom. The van der Waals surface area contributed by atoms with E-state index in [1.807, 2.05) is 58.0 Å². The number of aliphatic hydroxyl groups excluding tert-OH is 2. The standard InChI is InChI=1S/C34H35NO8/c1-33(2)15-22(36)30(23(37)16-33)29(31-24(38)17-34(3,4)18-25(31)39)20-11-12-26(28(13-20)41-5)42-32(40)21-14-27(43-35-21)19-9-7-6-8-10-19/h6-14,29,36,38H,15-18H2,1-5H3. The molecule has 0 spiro atoms. The van der Waals surface area contributed by atoms with Gasteiger partial charge in [0.05, 0.1) is 7.11 Å². The van der Waals surface area contributed by atoms with E-state index in [2.05, 4.69) is 5.16 Å². The van der Waals surface area contributed by atoms with Crippen molar-refractivity contribution in [1.82, 2.24) is 5.16 Å². The molecule has 0 aliphatic heterocycles. The van der Waals surface area contributed by atoms with Crippen molar-refractivity contribution in [1.29, 1.82) is 0 Å². The topological polar surface area (TPSA) is 136 Å². The highest BCUT2D eigenvalue weighted by atomic mass is 16.6. The summed E-state index contributed by atoms with van der Waals surface area (Å²) in [5.74, 6) is -2.01. The first-order valence-corrected chi connectivity index (χ1v) is 14.1. The Bertz CT molecular complexity index is 1610. The third-order valence-corrected chi connectivity index (χ3v) is 7.87. The van der Waals surface area contributed by atoms with Gasteiger partial charge in [-0.1, -0.05) is 69.2 Å². The average molecular weight is 586 g/mol. The lowest BCUT2D eigenvalue weighted by molar-refractivity contribution is -0.119. The molecule has 0 saturated carbocycles. The Balaban J connectivity index is 1.53. The Morgan fingerprint density at radius 2 is 1.42 bits per heavy atom. The third-order valence-electron chi connectivity index (χ3n) is 7.87. The van der Waals surface area contributed by atoms with Gasteiger partial charge in [-0.2, -0.15) is 0 Å². The summed E-state index contributed by atoms with van der Waals surface area (Å²) >= 11 is 0. The van der Waals surface area contributed by atoms with E-state index in [-0.39, 0.29) is 77.1 Å². The number of aliphatic hydroxyl groups is 2. The average Bonchev–Trinajstić information content (AvgIpc) is 3.42. The zero-order chi connectivity index (χ0) is 31.1. The quantitative estimate of drug-likeness (QED) is 0.221. The van der Waals surface area contributed by atoms with Crippen LogP contribution in [0.25, 0.3) is 11.3 Å². The summed E-state index contributed by atoms with van der Waals surface area (Å²) in [6, 6.07) is 15.3. The van der Waals surface area contributed by atoms with E-state index in [9.17, 15) is 24.6 Å². The number of rotatable bonds is 7. The molecule has 0 radical (unpaired) electrons. The van der Waals surface area contributed by atoms with Crippen LogP contribution in [0.2, 0.25) is 0 Å². The molecular formula is C34H35NO8. The molecule has 9 nitrogen and oxygen atoms in total. The van der Waals surface area contributed by atoms with E-state index in [1.165, 1.54) is 19.2 Å². The summed E-state index contributed by atoms with van der Waals surface area (Å²) in [5, 5.41) is 26.1. The number of hydrogen-bond donors (Lipinski definition) is 2. The van der Waals surface area contributed by atoms with Crippen LogP contribution in [0, 0.1) is 10.8 Å². The number of allylic oxidation sites excluding steroid dienone is 4. The Kier molecular flexibility index (Phi) is 7.77. The smallest absolute Gasteiger partial charge is 0.366 e. The lowest BCUT2D eigenvalue weighted by Crippen LogP contribution is -2.33. The minimum absolute atomic E-state index is 0.0427. The molecule has 0 bridgehead atoms. The van der Waals surface area contributed by atoms with Crippen LogP contribution in [0.15, 0.2) is 81.8 Å². The minimum atomic E-state index is -1.03. The summed E-state index contributed by atoms with van der Waals surface area (Å²) < 4.78 is 16.5. The molecule has 0 unspecified atom stereocenters. The Morgan fingerprint density at radius 3 is 1.95 bits per heavy atom. The van der Waals surface area contributed by atoms with Gasteiger partial charge in [0.1, 0.15) is 11.5 Å². The molecule has 224 valence electrons. The van der Waals surface area contributed by atoms with Gasteiger partial charge >= 0.3 is 5.97 Å². The van der Waals surface area contributed by atoms with Crippen molar-refractivity contribution in [3.63, 3.8) is 0 Å². The molecule has 1 aromatic heterocycles. The van der Waals surface area contributed by atoms with Gasteiger partial charge in [0.25, 0.3) is 0 Å². The largest absolute Gasteiger partial charge is 0.512 e. The second kappa shape index (κ2) is 11.2. The molecule has 5 rings (SSSR count). The summed E-state index contributed by atoms with van der Waals surface area (Å²) in [4.78, 5) is 40.0. The maximum atomic E-state index is 13.5. The summed E-state index contributed by atoms with van der Waals surface area (Å²) in [6.45, 7) is 7.56. The van der Waals surface area contributed by atoms with Crippen LogP contribution in [0.4, 0.5) is 0 Å². The van der Waals surface area contributed by atoms with Crippen LogP contribution in [-0.4, -0.2) is 40.0 Å². The number of carbonyl (C=O) groups is 3. The molecule has 9 heteroatoms. The maximum Gasteiger partial charge on any atom is 0.366 e. The van der Waals surface area contributed by atoms with Gasteiger partial charge in [0.2, 0.25) is 0 Å². The first kappa shape index (κ1) is 29.8. The molecule has 0 saturated heterocycles. The van der Waals surface area contributed by atoms with Crippen LogP contribution >= 0.6 is 0 Å². The molecule has 0 amide bonds. The molecule has 0 atom stereocenters. The van der Waals surface area contributed by atoms with Crippen LogP contribution < -0.4 is 9.47 Å². The zero-order valence-corrected chi connectivity index (χ0v) is 24.9. The normalized spacial score (nSPS) is 18.3. The molecule has 0 fully saturated rings. The van der Waals surface area contributed by atoms with E-state index in [0.29, 0.717) is 11.3 Å². The maximum absolute atomic E-state index is 13.5. The molecule has 2 N–H and O–H groups in total. The number of ketones is 2. The fourth-order valence-electron chi connectivity index (χ4n) is 5.95. The first-order valence-electron chi connectivity index (χ1n) is 14.1. The number of nitrogens with zero attached hydrogens (tertiary/aromatic N) is 1. The molecule has 3 aromatic rings. The second-order valence-corrected chi connectivity index (χ2v) is 12.8. The highest BCUT2D eigenvalue weighted by molar-refractivity contribution is 6.05. The van der Waals surface area contributed by atoms with Gasteiger partial charge in [0.15, 0.2) is 34.5 Å². The van der Waals surface area contributed by atoms with Gasteiger partial charge in [0, 0.05) is 54.4 Å². The Hall–Kier alpha value is -4.66. The highest BCUT2D eigenvalue weighted by Crippen LogP contribution is 2.49. The van der Waals surface area contributed by atoms with Gasteiger partial charge in [-0.3, -0.25) is 9.59 Å². The van der Waals surface area contributed by atoms with Gasteiger partial charge in [-0.25, -0.2) is 4.79 Å². The number of methoxy groups -OCH3 is 1. The van der Waals surface area contributed by atoms with Crippen molar-refractivity contribution in [3.8, 4) is 22.8 Å².